The van der Waals surface area contributed by atoms with Crippen LogP contribution in [0, 0.1) is 19.7 Å². The lowest BCUT2D eigenvalue weighted by molar-refractivity contribution is 0.103. The van der Waals surface area contributed by atoms with Crippen LogP contribution in [-0.4, -0.2) is 12.9 Å². The molecule has 0 aliphatic carbocycles. The van der Waals surface area contributed by atoms with E-state index in [1.54, 1.807) is 12.1 Å². The molecule has 0 aliphatic rings. The molecule has 2 rings (SSSR count). The van der Waals surface area contributed by atoms with Crippen molar-refractivity contribution in [2.24, 2.45) is 0 Å². The third kappa shape index (κ3) is 2.75. The molecule has 20 heavy (non-hydrogen) atoms. The van der Waals surface area contributed by atoms with Crippen LogP contribution < -0.4 is 4.74 Å². The molecule has 104 valence electrons. The van der Waals surface area contributed by atoms with Gasteiger partial charge in [-0.05, 0) is 49.2 Å². The highest BCUT2D eigenvalue weighted by Crippen LogP contribution is 2.25. The summed E-state index contributed by atoms with van der Waals surface area (Å²) >= 11 is 3.42. The Balaban J connectivity index is 2.49. The van der Waals surface area contributed by atoms with Gasteiger partial charge in [-0.25, -0.2) is 4.39 Å². The predicted octanol–water partition coefficient (Wildman–Crippen LogP) is 4.44. The van der Waals surface area contributed by atoms with E-state index in [9.17, 15) is 9.18 Å². The summed E-state index contributed by atoms with van der Waals surface area (Å²) in [7, 11) is 1.46. The second kappa shape index (κ2) is 5.75. The fraction of sp³-hybridized carbons (Fsp3) is 0.188. The number of ketones is 1. The van der Waals surface area contributed by atoms with E-state index in [1.165, 1.54) is 19.2 Å². The summed E-state index contributed by atoms with van der Waals surface area (Å²) in [5, 5.41) is 0. The maximum Gasteiger partial charge on any atom is 0.196 e. The first kappa shape index (κ1) is 14.7. The highest BCUT2D eigenvalue weighted by atomic mass is 79.9. The van der Waals surface area contributed by atoms with Gasteiger partial charge in [0.1, 0.15) is 11.6 Å². The molecule has 0 bridgehead atoms. The van der Waals surface area contributed by atoms with Gasteiger partial charge in [0.25, 0.3) is 0 Å². The van der Waals surface area contributed by atoms with Crippen LogP contribution in [0.25, 0.3) is 0 Å². The second-order valence-electron chi connectivity index (χ2n) is 4.59. The van der Waals surface area contributed by atoms with Crippen LogP contribution in [0.4, 0.5) is 4.39 Å². The summed E-state index contributed by atoms with van der Waals surface area (Å²) in [6, 6.07) is 7.88. The third-order valence-corrected chi connectivity index (χ3v) is 4.03. The van der Waals surface area contributed by atoms with Crippen molar-refractivity contribution in [2.45, 2.75) is 13.8 Å². The number of hydrogen-bond donors (Lipinski definition) is 0. The lowest BCUT2D eigenvalue weighted by Crippen LogP contribution is -2.07. The van der Waals surface area contributed by atoms with Crippen molar-refractivity contribution in [3.8, 4) is 5.75 Å². The normalized spacial score (nSPS) is 10.4. The van der Waals surface area contributed by atoms with E-state index in [4.69, 9.17) is 4.74 Å². The minimum atomic E-state index is -0.575. The van der Waals surface area contributed by atoms with E-state index < -0.39 is 5.82 Å². The number of hydrogen-bond acceptors (Lipinski definition) is 2. The molecule has 2 aromatic rings. The highest BCUT2D eigenvalue weighted by Gasteiger charge is 2.17. The van der Waals surface area contributed by atoms with Crippen LogP contribution in [0.5, 0.6) is 5.75 Å². The van der Waals surface area contributed by atoms with Crippen molar-refractivity contribution in [2.75, 3.05) is 7.11 Å². The Morgan fingerprint density at radius 2 is 1.80 bits per heavy atom. The Morgan fingerprint density at radius 1 is 1.10 bits per heavy atom. The van der Waals surface area contributed by atoms with Crippen molar-refractivity contribution in [3.05, 3.63) is 62.9 Å². The molecule has 0 saturated heterocycles. The SMILES string of the molecule is COc1ccc(C(=O)c2cc(C)c(Br)cc2C)c(F)c1. The predicted molar refractivity (Wildman–Crippen MR) is 80.0 cm³/mol. The van der Waals surface area contributed by atoms with E-state index >= 15 is 0 Å². The van der Waals surface area contributed by atoms with Gasteiger partial charge >= 0.3 is 0 Å². The second-order valence-corrected chi connectivity index (χ2v) is 5.45. The maximum absolute atomic E-state index is 14.0. The van der Waals surface area contributed by atoms with Gasteiger partial charge in [0.2, 0.25) is 0 Å². The molecule has 0 N–H and O–H groups in total. The molecule has 0 radical (unpaired) electrons. The molecule has 0 amide bonds. The summed E-state index contributed by atoms with van der Waals surface area (Å²) in [5.41, 5.74) is 2.31. The maximum atomic E-state index is 14.0. The molecular formula is C16H14BrFO2. The zero-order valence-electron chi connectivity index (χ0n) is 11.5. The Kier molecular flexibility index (Phi) is 4.23. The Morgan fingerprint density at radius 3 is 2.40 bits per heavy atom. The van der Waals surface area contributed by atoms with Crippen molar-refractivity contribution in [1.82, 2.24) is 0 Å². The highest BCUT2D eigenvalue weighted by molar-refractivity contribution is 9.10. The molecule has 0 heterocycles. The number of ether oxygens (including phenoxy) is 1. The number of rotatable bonds is 3. The van der Waals surface area contributed by atoms with E-state index in [2.05, 4.69) is 15.9 Å². The largest absolute Gasteiger partial charge is 0.497 e. The summed E-state index contributed by atoms with van der Waals surface area (Å²) in [6.07, 6.45) is 0. The molecular weight excluding hydrogens is 323 g/mol. The number of carbonyl (C=O) groups excluding carboxylic acids is 1. The van der Waals surface area contributed by atoms with E-state index in [0.717, 1.165) is 15.6 Å². The minimum Gasteiger partial charge on any atom is -0.497 e. The van der Waals surface area contributed by atoms with Gasteiger partial charge in [-0.1, -0.05) is 15.9 Å². The average molecular weight is 337 g/mol. The summed E-state index contributed by atoms with van der Waals surface area (Å²) in [4.78, 5) is 12.5. The first-order valence-corrected chi connectivity index (χ1v) is 6.88. The minimum absolute atomic E-state index is 0.0515. The Hall–Kier alpha value is -1.68. The van der Waals surface area contributed by atoms with E-state index in [0.29, 0.717) is 11.3 Å². The van der Waals surface area contributed by atoms with Crippen LogP contribution in [0.15, 0.2) is 34.8 Å². The molecule has 0 unspecified atom stereocenters. The third-order valence-electron chi connectivity index (χ3n) is 3.17. The molecule has 0 spiro atoms. The number of aryl methyl sites for hydroxylation is 2. The summed E-state index contributed by atoms with van der Waals surface area (Å²) in [6.45, 7) is 3.73. The molecule has 2 aromatic carbocycles. The van der Waals surface area contributed by atoms with Crippen molar-refractivity contribution >= 4 is 21.7 Å². The molecule has 0 aliphatic heterocycles. The van der Waals surface area contributed by atoms with Gasteiger partial charge in [0, 0.05) is 16.1 Å². The standard InChI is InChI=1S/C16H14BrFO2/c1-9-7-14(17)10(2)6-13(9)16(19)12-5-4-11(20-3)8-15(12)18/h4-8H,1-3H3. The van der Waals surface area contributed by atoms with Gasteiger partial charge in [-0.15, -0.1) is 0 Å². The fourth-order valence-electron chi connectivity index (χ4n) is 1.98. The quantitative estimate of drug-likeness (QED) is 0.774. The number of benzene rings is 2. The van der Waals surface area contributed by atoms with Gasteiger partial charge in [-0.2, -0.15) is 0 Å². The topological polar surface area (TPSA) is 26.3 Å². The molecule has 0 atom stereocenters. The first-order chi connectivity index (χ1) is 9.43. The molecule has 0 aromatic heterocycles. The van der Waals surface area contributed by atoms with Crippen LogP contribution in [0.2, 0.25) is 0 Å². The molecule has 0 saturated carbocycles. The van der Waals surface area contributed by atoms with Gasteiger partial charge in [-0.3, -0.25) is 4.79 Å². The summed E-state index contributed by atoms with van der Waals surface area (Å²) in [5.74, 6) is -0.504. The van der Waals surface area contributed by atoms with Gasteiger partial charge in [0.15, 0.2) is 5.78 Å². The average Bonchev–Trinajstić information content (AvgIpc) is 2.42. The van der Waals surface area contributed by atoms with E-state index in [1.807, 2.05) is 19.9 Å². The Bertz CT molecular complexity index is 680. The molecule has 2 nitrogen and oxygen atoms in total. The number of carbonyl (C=O) groups is 1. The van der Waals surface area contributed by atoms with Crippen molar-refractivity contribution in [3.63, 3.8) is 0 Å². The first-order valence-electron chi connectivity index (χ1n) is 6.09. The van der Waals surface area contributed by atoms with Gasteiger partial charge < -0.3 is 4.74 Å². The van der Waals surface area contributed by atoms with E-state index in [-0.39, 0.29) is 11.3 Å². The zero-order valence-corrected chi connectivity index (χ0v) is 13.0. The summed E-state index contributed by atoms with van der Waals surface area (Å²) < 4.78 is 19.8. The lowest BCUT2D eigenvalue weighted by Gasteiger charge is -2.09. The zero-order chi connectivity index (χ0) is 14.9. The lowest BCUT2D eigenvalue weighted by atomic mass is 9.97. The van der Waals surface area contributed by atoms with Crippen molar-refractivity contribution in [1.29, 1.82) is 0 Å². The van der Waals surface area contributed by atoms with Crippen LogP contribution in [0.3, 0.4) is 0 Å². The number of methoxy groups -OCH3 is 1. The van der Waals surface area contributed by atoms with Gasteiger partial charge in [0.05, 0.1) is 12.7 Å². The van der Waals surface area contributed by atoms with Crippen LogP contribution in [0.1, 0.15) is 27.0 Å². The monoisotopic (exact) mass is 336 g/mol. The molecule has 4 heteroatoms. The smallest absolute Gasteiger partial charge is 0.196 e. The Labute approximate surface area is 125 Å². The molecule has 0 fully saturated rings. The van der Waals surface area contributed by atoms with Crippen LogP contribution >= 0.6 is 15.9 Å². The van der Waals surface area contributed by atoms with Crippen LogP contribution in [-0.2, 0) is 0 Å². The fourth-order valence-corrected chi connectivity index (χ4v) is 2.44. The van der Waals surface area contributed by atoms with Crippen molar-refractivity contribution < 1.29 is 13.9 Å². The number of halogens is 2.